The summed E-state index contributed by atoms with van der Waals surface area (Å²) in [4.78, 5) is 0. The van der Waals surface area contributed by atoms with Crippen LogP contribution < -0.4 is 5.32 Å². The van der Waals surface area contributed by atoms with Gasteiger partial charge in [0.25, 0.3) is 0 Å². The Morgan fingerprint density at radius 2 is 2.06 bits per heavy atom. The van der Waals surface area contributed by atoms with Crippen molar-refractivity contribution in [2.45, 2.75) is 38.4 Å². The first-order chi connectivity index (χ1) is 8.11. The maximum Gasteiger partial charge on any atom is 0.146 e. The van der Waals surface area contributed by atoms with E-state index >= 15 is 0 Å². The van der Waals surface area contributed by atoms with Crippen molar-refractivity contribution in [2.75, 3.05) is 6.54 Å². The van der Waals surface area contributed by atoms with E-state index in [2.05, 4.69) is 5.32 Å². The highest BCUT2D eigenvalue weighted by molar-refractivity contribution is 5.29. The maximum atomic E-state index is 14.2. The van der Waals surface area contributed by atoms with Crippen LogP contribution in [0.1, 0.15) is 36.6 Å². The van der Waals surface area contributed by atoms with Crippen molar-refractivity contribution in [1.29, 1.82) is 0 Å². The molecule has 1 N–H and O–H groups in total. The minimum atomic E-state index is -1.62. The first-order valence-corrected chi connectivity index (χ1v) is 5.93. The average molecular weight is 243 g/mol. The second-order valence-corrected chi connectivity index (χ2v) is 4.55. The first kappa shape index (κ1) is 12.4. The Bertz CT molecular complexity index is 400. The molecule has 0 aromatic heterocycles. The summed E-state index contributed by atoms with van der Waals surface area (Å²) >= 11 is 0. The summed E-state index contributed by atoms with van der Waals surface area (Å²) in [6.07, 6.45) is 0.888. The van der Waals surface area contributed by atoms with E-state index in [1.807, 2.05) is 0 Å². The smallest absolute Gasteiger partial charge is 0.146 e. The van der Waals surface area contributed by atoms with Gasteiger partial charge < -0.3 is 5.32 Å². The van der Waals surface area contributed by atoms with Gasteiger partial charge >= 0.3 is 0 Å². The van der Waals surface area contributed by atoms with Crippen LogP contribution in [0.4, 0.5) is 13.2 Å². The lowest BCUT2D eigenvalue weighted by Gasteiger charge is -2.27. The van der Waals surface area contributed by atoms with Gasteiger partial charge in [0, 0.05) is 6.04 Å². The third kappa shape index (κ3) is 2.46. The molecule has 1 heterocycles. The maximum absolute atomic E-state index is 14.2. The van der Waals surface area contributed by atoms with Gasteiger partial charge in [0.1, 0.15) is 17.8 Å². The number of halogens is 3. The Kier molecular flexibility index (Phi) is 3.72. The Morgan fingerprint density at radius 1 is 1.29 bits per heavy atom. The average Bonchev–Trinajstić information content (AvgIpc) is 2.35. The number of benzene rings is 1. The Labute approximate surface area is 99.0 Å². The molecule has 1 aliphatic rings. The molecule has 0 amide bonds. The van der Waals surface area contributed by atoms with E-state index in [-0.39, 0.29) is 5.56 Å². The lowest BCUT2D eigenvalue weighted by atomic mass is 9.94. The van der Waals surface area contributed by atoms with Crippen LogP contribution in [0.5, 0.6) is 0 Å². The SMILES string of the molecule is Cc1ccc(F)c(C(F)C2CCCCN2)c1F. The number of aryl methyl sites for hydroxylation is 1. The second kappa shape index (κ2) is 5.08. The van der Waals surface area contributed by atoms with Crippen molar-refractivity contribution in [2.24, 2.45) is 0 Å². The molecule has 1 fully saturated rings. The molecule has 0 saturated carbocycles. The number of nitrogens with one attached hydrogen (secondary N) is 1. The predicted octanol–water partition coefficient (Wildman–Crippen LogP) is 3.43. The number of hydrogen-bond donors (Lipinski definition) is 1. The monoisotopic (exact) mass is 243 g/mol. The first-order valence-electron chi connectivity index (χ1n) is 5.93. The van der Waals surface area contributed by atoms with Crippen LogP contribution in [0.3, 0.4) is 0 Å². The minimum Gasteiger partial charge on any atom is -0.311 e. The van der Waals surface area contributed by atoms with Gasteiger partial charge in [0.2, 0.25) is 0 Å². The molecule has 1 aromatic carbocycles. The summed E-state index contributed by atoms with van der Waals surface area (Å²) in [6, 6.07) is 1.98. The fraction of sp³-hybridized carbons (Fsp3) is 0.538. The fourth-order valence-corrected chi connectivity index (χ4v) is 2.26. The number of rotatable bonds is 2. The topological polar surface area (TPSA) is 12.0 Å². The van der Waals surface area contributed by atoms with Crippen molar-refractivity contribution in [1.82, 2.24) is 5.32 Å². The Morgan fingerprint density at radius 3 is 2.71 bits per heavy atom. The van der Waals surface area contributed by atoms with Gasteiger partial charge in [0.05, 0.1) is 5.56 Å². The van der Waals surface area contributed by atoms with Gasteiger partial charge in [-0.1, -0.05) is 12.5 Å². The molecule has 2 rings (SSSR count). The molecule has 2 unspecified atom stereocenters. The molecule has 1 saturated heterocycles. The van der Waals surface area contributed by atoms with Gasteiger partial charge in [-0.15, -0.1) is 0 Å². The van der Waals surface area contributed by atoms with Crippen molar-refractivity contribution in [3.8, 4) is 0 Å². The van der Waals surface area contributed by atoms with Gasteiger partial charge in [-0.05, 0) is 37.9 Å². The predicted molar refractivity (Wildman–Crippen MR) is 60.6 cm³/mol. The van der Waals surface area contributed by atoms with Crippen molar-refractivity contribution in [3.63, 3.8) is 0 Å². The third-order valence-electron chi connectivity index (χ3n) is 3.30. The van der Waals surface area contributed by atoms with E-state index in [1.165, 1.54) is 13.0 Å². The van der Waals surface area contributed by atoms with Crippen LogP contribution in [0.2, 0.25) is 0 Å². The largest absolute Gasteiger partial charge is 0.311 e. The zero-order valence-electron chi connectivity index (χ0n) is 9.77. The molecule has 4 heteroatoms. The molecule has 2 atom stereocenters. The van der Waals surface area contributed by atoms with Crippen LogP contribution >= 0.6 is 0 Å². The van der Waals surface area contributed by atoms with E-state index in [1.54, 1.807) is 0 Å². The molecule has 1 aliphatic heterocycles. The molecule has 0 bridgehead atoms. The molecule has 1 nitrogen and oxygen atoms in total. The molecule has 0 spiro atoms. The molecular weight excluding hydrogens is 227 g/mol. The standard InChI is InChI=1S/C13H16F3N/c1-8-5-6-9(14)11(12(8)15)13(16)10-4-2-3-7-17-10/h5-6,10,13,17H,2-4,7H2,1H3. The van der Waals surface area contributed by atoms with Crippen LogP contribution in [-0.2, 0) is 0 Å². The summed E-state index contributed by atoms with van der Waals surface area (Å²) in [5, 5.41) is 2.98. The van der Waals surface area contributed by atoms with Crippen molar-refractivity contribution in [3.05, 3.63) is 34.9 Å². The molecule has 0 aliphatic carbocycles. The molecule has 1 aromatic rings. The van der Waals surface area contributed by atoms with Gasteiger partial charge in [-0.3, -0.25) is 0 Å². The minimum absolute atomic E-state index is 0.278. The molecule has 0 radical (unpaired) electrons. The zero-order chi connectivity index (χ0) is 12.4. The van der Waals surface area contributed by atoms with Gasteiger partial charge in [-0.2, -0.15) is 0 Å². The van der Waals surface area contributed by atoms with Gasteiger partial charge in [0.15, 0.2) is 0 Å². The Hall–Kier alpha value is -1.03. The van der Waals surface area contributed by atoms with E-state index in [0.29, 0.717) is 13.0 Å². The van der Waals surface area contributed by atoms with Gasteiger partial charge in [-0.25, -0.2) is 13.2 Å². The highest BCUT2D eigenvalue weighted by Crippen LogP contribution is 2.31. The summed E-state index contributed by atoms with van der Waals surface area (Å²) in [5.74, 6) is -1.56. The highest BCUT2D eigenvalue weighted by Gasteiger charge is 2.29. The van der Waals surface area contributed by atoms with Crippen LogP contribution in [-0.4, -0.2) is 12.6 Å². The zero-order valence-corrected chi connectivity index (χ0v) is 9.77. The number of hydrogen-bond acceptors (Lipinski definition) is 1. The van der Waals surface area contributed by atoms with E-state index in [0.717, 1.165) is 18.9 Å². The van der Waals surface area contributed by atoms with Crippen molar-refractivity contribution < 1.29 is 13.2 Å². The van der Waals surface area contributed by atoms with Crippen molar-refractivity contribution >= 4 is 0 Å². The Balaban J connectivity index is 2.29. The molecular formula is C13H16F3N. The summed E-state index contributed by atoms with van der Waals surface area (Å²) < 4.78 is 41.5. The van der Waals surface area contributed by atoms with Crippen LogP contribution in [0, 0.1) is 18.6 Å². The molecule has 94 valence electrons. The van der Waals surface area contributed by atoms with E-state index in [9.17, 15) is 13.2 Å². The summed E-state index contributed by atoms with van der Waals surface area (Å²) in [5.41, 5.74) is -0.149. The highest BCUT2D eigenvalue weighted by atomic mass is 19.2. The lowest BCUT2D eigenvalue weighted by Crippen LogP contribution is -2.38. The van der Waals surface area contributed by atoms with E-state index in [4.69, 9.17) is 0 Å². The molecule has 17 heavy (non-hydrogen) atoms. The number of piperidine rings is 1. The lowest BCUT2D eigenvalue weighted by molar-refractivity contribution is 0.210. The van der Waals surface area contributed by atoms with Crippen LogP contribution in [0.25, 0.3) is 0 Å². The van der Waals surface area contributed by atoms with E-state index < -0.39 is 29.4 Å². The summed E-state index contributed by atoms with van der Waals surface area (Å²) in [6.45, 7) is 2.22. The quantitative estimate of drug-likeness (QED) is 0.839. The third-order valence-corrected chi connectivity index (χ3v) is 3.30. The van der Waals surface area contributed by atoms with Crippen LogP contribution in [0.15, 0.2) is 12.1 Å². The summed E-state index contributed by atoms with van der Waals surface area (Å²) in [7, 11) is 0. The second-order valence-electron chi connectivity index (χ2n) is 4.55. The fourth-order valence-electron chi connectivity index (χ4n) is 2.26. The normalized spacial score (nSPS) is 22.5. The number of alkyl halides is 1.